The van der Waals surface area contributed by atoms with Crippen LogP contribution in [0, 0.1) is 10.1 Å². The van der Waals surface area contributed by atoms with Crippen LogP contribution in [0.2, 0.25) is 0 Å². The van der Waals surface area contributed by atoms with E-state index >= 15 is 0 Å². The molecule has 0 atom stereocenters. The van der Waals surface area contributed by atoms with Crippen molar-refractivity contribution in [3.63, 3.8) is 0 Å². The number of anilines is 1. The highest BCUT2D eigenvalue weighted by Gasteiger charge is 2.15. The molecule has 21 heavy (non-hydrogen) atoms. The monoisotopic (exact) mass is 313 g/mol. The van der Waals surface area contributed by atoms with Gasteiger partial charge in [-0.05, 0) is 18.2 Å². The predicted octanol–water partition coefficient (Wildman–Crippen LogP) is 2.76. The average Bonchev–Trinajstić information content (AvgIpc) is 2.54. The molecule has 0 spiro atoms. The Bertz CT molecular complexity index is 983. The number of hydrogen-bond acceptors (Lipinski definition) is 5. The lowest BCUT2D eigenvalue weighted by Gasteiger charge is -2.11. The summed E-state index contributed by atoms with van der Waals surface area (Å²) in [5.41, 5.74) is -0.628. The molecule has 0 aliphatic heterocycles. The van der Waals surface area contributed by atoms with Crippen molar-refractivity contribution < 1.29 is 24.9 Å². The maximum absolute atomic E-state index is 11.5. The van der Waals surface area contributed by atoms with Crippen LogP contribution >= 0.6 is 0 Å². The summed E-state index contributed by atoms with van der Waals surface area (Å²) in [6.07, 6.45) is 0.850. The van der Waals surface area contributed by atoms with E-state index in [2.05, 4.69) is 4.72 Å². The fourth-order valence-corrected chi connectivity index (χ4v) is 1.96. The van der Waals surface area contributed by atoms with Gasteiger partial charge in [0.1, 0.15) is 5.75 Å². The van der Waals surface area contributed by atoms with E-state index in [0.717, 1.165) is 24.5 Å². The second-order valence-corrected chi connectivity index (χ2v) is 5.62. The highest BCUT2D eigenvalue weighted by atomic mass is 32.2. The van der Waals surface area contributed by atoms with Crippen molar-refractivity contribution in [3.8, 4) is 11.5 Å². The maximum Gasteiger partial charge on any atom is 0.273 e. The summed E-state index contributed by atoms with van der Waals surface area (Å²) in [6, 6.07) is -0.324. The first-order valence-corrected chi connectivity index (χ1v) is 7.32. The number of nitro groups is 1. The first-order valence-electron chi connectivity index (χ1n) is 7.93. The van der Waals surface area contributed by atoms with Gasteiger partial charge < -0.3 is 4.74 Å². The van der Waals surface area contributed by atoms with Gasteiger partial charge in [-0.1, -0.05) is 18.1 Å². The third kappa shape index (κ3) is 4.18. The van der Waals surface area contributed by atoms with Gasteiger partial charge >= 0.3 is 0 Å². The molecule has 0 radical (unpaired) electrons. The number of ether oxygens (including phenoxy) is 1. The Hall–Kier alpha value is -2.61. The number of benzene rings is 2. The molecular formula is C13H12N2O5S. The highest BCUT2D eigenvalue weighted by molar-refractivity contribution is 7.92. The molecule has 0 unspecified atom stereocenters. The van der Waals surface area contributed by atoms with Crippen LogP contribution in [0.15, 0.2) is 48.4 Å². The highest BCUT2D eigenvalue weighted by Crippen LogP contribution is 2.33. The van der Waals surface area contributed by atoms with Crippen LogP contribution in [-0.2, 0) is 10.0 Å². The van der Waals surface area contributed by atoms with Crippen molar-refractivity contribution in [3.05, 3.63) is 58.5 Å². The first-order chi connectivity index (χ1) is 11.9. The van der Waals surface area contributed by atoms with Gasteiger partial charge in [0.25, 0.3) is 5.69 Å². The fraction of sp³-hybridized carbons (Fsp3) is 0.0769. The Kier molecular flexibility index (Phi) is 2.58. The number of hydrogen-bond donors (Lipinski definition) is 1. The van der Waals surface area contributed by atoms with Crippen molar-refractivity contribution in [2.75, 3.05) is 11.0 Å². The molecule has 0 amide bonds. The van der Waals surface area contributed by atoms with Crippen molar-refractivity contribution in [1.29, 1.82) is 0 Å². The van der Waals surface area contributed by atoms with Gasteiger partial charge in [-0.3, -0.25) is 14.8 Å². The Morgan fingerprint density at radius 2 is 1.95 bits per heavy atom. The minimum absolute atomic E-state index is 0.190. The molecule has 0 fully saturated rings. The summed E-state index contributed by atoms with van der Waals surface area (Å²) < 4.78 is 68.6. The molecule has 0 heterocycles. The zero-order chi connectivity index (χ0) is 19.8. The number of non-ortho nitro benzene ring substituents is 1. The fourth-order valence-electron chi connectivity index (χ4n) is 1.39. The van der Waals surface area contributed by atoms with Gasteiger partial charge in [0.15, 0.2) is 5.75 Å². The largest absolute Gasteiger partial charge is 0.455 e. The van der Waals surface area contributed by atoms with Crippen molar-refractivity contribution in [1.82, 2.24) is 0 Å². The molecule has 2 aromatic carbocycles. The molecular weight excluding hydrogens is 296 g/mol. The van der Waals surface area contributed by atoms with E-state index in [1.807, 2.05) is 0 Å². The second kappa shape index (κ2) is 5.80. The summed E-state index contributed by atoms with van der Waals surface area (Å²) in [5, 5.41) is 10.9. The molecule has 0 saturated heterocycles. The molecule has 2 rings (SSSR count). The van der Waals surface area contributed by atoms with E-state index in [4.69, 9.17) is 11.6 Å². The minimum atomic E-state index is -3.77. The van der Waals surface area contributed by atoms with Crippen LogP contribution in [0.5, 0.6) is 11.5 Å². The summed E-state index contributed by atoms with van der Waals surface area (Å²) >= 11 is 0. The van der Waals surface area contributed by atoms with E-state index in [9.17, 15) is 18.5 Å². The molecule has 110 valence electrons. The van der Waals surface area contributed by atoms with Crippen LogP contribution in [0.25, 0.3) is 0 Å². The summed E-state index contributed by atoms with van der Waals surface area (Å²) in [7, 11) is -3.77. The number of rotatable bonds is 5. The lowest BCUT2D eigenvalue weighted by molar-refractivity contribution is -0.384. The van der Waals surface area contributed by atoms with Gasteiger partial charge in [0.05, 0.1) is 29.8 Å². The second-order valence-electron chi connectivity index (χ2n) is 3.87. The minimum Gasteiger partial charge on any atom is -0.455 e. The zero-order valence-electron chi connectivity index (χ0n) is 15.6. The maximum atomic E-state index is 11.5. The quantitative estimate of drug-likeness (QED) is 0.676. The summed E-state index contributed by atoms with van der Waals surface area (Å²) in [4.78, 5) is 10.2. The molecule has 0 aliphatic rings. The molecule has 7 nitrogen and oxygen atoms in total. The molecule has 0 aromatic heterocycles. The molecule has 8 heteroatoms. The lowest BCUT2D eigenvalue weighted by Crippen LogP contribution is -2.10. The van der Waals surface area contributed by atoms with Crippen molar-refractivity contribution in [2.24, 2.45) is 0 Å². The third-order valence-corrected chi connectivity index (χ3v) is 2.75. The Labute approximate surface area is 128 Å². The van der Waals surface area contributed by atoms with Gasteiger partial charge in [0.2, 0.25) is 10.0 Å². The van der Waals surface area contributed by atoms with Gasteiger partial charge in [-0.15, -0.1) is 0 Å². The van der Waals surface area contributed by atoms with E-state index < -0.39 is 56.6 Å². The van der Waals surface area contributed by atoms with E-state index in [1.165, 1.54) is 0 Å². The van der Waals surface area contributed by atoms with Gasteiger partial charge in [-0.2, -0.15) is 0 Å². The van der Waals surface area contributed by atoms with Crippen LogP contribution < -0.4 is 9.46 Å². The SMILES string of the molecule is [2H]c1c([2H])c([2H])c(Oc2cc([N+](=O)[O-])ccc2NS(C)(=O)=O)c([2H])c1[2H]. The Morgan fingerprint density at radius 1 is 1.29 bits per heavy atom. The van der Waals surface area contributed by atoms with Crippen molar-refractivity contribution >= 4 is 21.4 Å². The standard InChI is InChI=1S/C13H12N2O5S/c1-21(18,19)14-12-8-7-10(15(16)17)9-13(12)20-11-5-3-2-4-6-11/h2-9,14H,1H3/i2D,3D,4D,5D,6D. The first kappa shape index (κ1) is 9.35. The lowest BCUT2D eigenvalue weighted by atomic mass is 10.2. The Balaban J connectivity index is 2.65. The van der Waals surface area contributed by atoms with Gasteiger partial charge in [0, 0.05) is 6.07 Å². The molecule has 2 aromatic rings. The number of nitrogens with one attached hydrogen (secondary N) is 1. The molecule has 0 saturated carbocycles. The smallest absolute Gasteiger partial charge is 0.273 e. The number of sulfonamides is 1. The third-order valence-electron chi connectivity index (χ3n) is 2.16. The normalized spacial score (nSPS) is 14.2. The average molecular weight is 313 g/mol. The van der Waals surface area contributed by atoms with Gasteiger partial charge in [-0.25, -0.2) is 8.42 Å². The topological polar surface area (TPSA) is 98.5 Å². The number of para-hydroxylation sites is 1. The summed E-state index contributed by atoms with van der Waals surface area (Å²) in [5.74, 6) is -0.976. The number of nitrogens with zero attached hydrogens (tertiary/aromatic N) is 1. The van der Waals surface area contributed by atoms with E-state index in [0.29, 0.717) is 0 Å². The van der Waals surface area contributed by atoms with Crippen LogP contribution in [0.3, 0.4) is 0 Å². The van der Waals surface area contributed by atoms with E-state index in [-0.39, 0.29) is 11.4 Å². The van der Waals surface area contributed by atoms with E-state index in [1.54, 1.807) is 0 Å². The Morgan fingerprint density at radius 3 is 2.52 bits per heavy atom. The predicted molar refractivity (Wildman–Crippen MR) is 78.1 cm³/mol. The molecule has 1 N–H and O–H groups in total. The van der Waals surface area contributed by atoms with Crippen molar-refractivity contribution in [2.45, 2.75) is 0 Å². The molecule has 0 aliphatic carbocycles. The van der Waals surface area contributed by atoms with Crippen LogP contribution in [0.4, 0.5) is 11.4 Å². The van der Waals surface area contributed by atoms with Crippen LogP contribution in [-0.4, -0.2) is 19.6 Å². The summed E-state index contributed by atoms with van der Waals surface area (Å²) in [6.45, 7) is 0. The van der Waals surface area contributed by atoms with Crippen LogP contribution in [0.1, 0.15) is 6.85 Å². The molecule has 0 bridgehead atoms. The number of nitro benzene ring substituents is 1. The zero-order valence-corrected chi connectivity index (χ0v) is 11.4.